The summed E-state index contributed by atoms with van der Waals surface area (Å²) in [6, 6.07) is 0. The molecule has 0 aliphatic rings. The van der Waals surface area contributed by atoms with Crippen molar-refractivity contribution in [2.24, 2.45) is 0 Å². The maximum absolute atomic E-state index is 11.3. The van der Waals surface area contributed by atoms with Gasteiger partial charge in [0.15, 0.2) is 0 Å². The number of phosphoric acid groups is 1. The molecule has 5 nitrogen and oxygen atoms in total. The van der Waals surface area contributed by atoms with Gasteiger partial charge in [0.2, 0.25) is 0 Å². The van der Waals surface area contributed by atoms with E-state index in [-0.39, 0.29) is 31.4 Å². The van der Waals surface area contributed by atoms with E-state index in [1.54, 1.807) is 20.8 Å². The predicted molar refractivity (Wildman–Crippen MR) is 54.1 cm³/mol. The van der Waals surface area contributed by atoms with Crippen LogP contribution in [-0.2, 0) is 18.1 Å². The van der Waals surface area contributed by atoms with Crippen molar-refractivity contribution in [2.75, 3.05) is 19.8 Å². The van der Waals surface area contributed by atoms with Crippen molar-refractivity contribution >= 4 is 30.9 Å². The molecule has 0 fully saturated rings. The minimum absolute atomic E-state index is 0. The third-order valence-corrected chi connectivity index (χ3v) is 2.58. The Morgan fingerprint density at radius 2 is 1.23 bits per heavy atom. The first-order valence-electron chi connectivity index (χ1n) is 3.72. The van der Waals surface area contributed by atoms with Gasteiger partial charge in [-0.3, -0.25) is 13.6 Å². The van der Waals surface area contributed by atoms with E-state index >= 15 is 0 Å². The van der Waals surface area contributed by atoms with Crippen LogP contribution in [0.2, 0.25) is 0 Å². The van der Waals surface area contributed by atoms with Gasteiger partial charge in [0.05, 0.1) is 19.8 Å². The molecular weight excluding hydrogens is 207 g/mol. The zero-order chi connectivity index (χ0) is 8.74. The zero-order valence-electron chi connectivity index (χ0n) is 10.4. The Morgan fingerprint density at radius 3 is 1.38 bits per heavy atom. The molecule has 0 heterocycles. The second kappa shape index (κ2) is 10.9. The summed E-state index contributed by atoms with van der Waals surface area (Å²) >= 11 is 0. The van der Waals surface area contributed by atoms with Gasteiger partial charge >= 0.3 is 30.9 Å². The van der Waals surface area contributed by atoms with Crippen LogP contribution in [0.15, 0.2) is 0 Å². The summed E-state index contributed by atoms with van der Waals surface area (Å²) in [4.78, 5) is 0. The molecule has 0 atom stereocenters. The third kappa shape index (κ3) is 9.15. The van der Waals surface area contributed by atoms with E-state index in [1.807, 2.05) is 0 Å². The van der Waals surface area contributed by atoms with Crippen molar-refractivity contribution in [1.29, 1.82) is 0 Å². The van der Waals surface area contributed by atoms with Gasteiger partial charge in [-0.05, 0) is 20.8 Å². The second-order valence-corrected chi connectivity index (χ2v) is 3.37. The van der Waals surface area contributed by atoms with Crippen LogP contribution in [0.5, 0.6) is 0 Å². The smallest absolute Gasteiger partial charge is 1.00 e. The molecule has 0 aliphatic carbocycles. The first-order chi connectivity index (χ1) is 5.18. The quantitative estimate of drug-likeness (QED) is 0.504. The summed E-state index contributed by atoms with van der Waals surface area (Å²) in [5.41, 5.74) is 0. The Hall–Kier alpha value is 0.836. The molecule has 0 aliphatic heterocycles. The van der Waals surface area contributed by atoms with Crippen LogP contribution in [-0.4, -0.2) is 48.3 Å². The van der Waals surface area contributed by atoms with E-state index in [0.717, 1.165) is 0 Å². The molecular formula is C6H19MgO5P. The van der Waals surface area contributed by atoms with Crippen LogP contribution < -0.4 is 0 Å². The summed E-state index contributed by atoms with van der Waals surface area (Å²) in [5.74, 6) is 0. The van der Waals surface area contributed by atoms with Crippen LogP contribution >= 0.6 is 7.82 Å². The van der Waals surface area contributed by atoms with Gasteiger partial charge < -0.3 is 8.33 Å². The summed E-state index contributed by atoms with van der Waals surface area (Å²) in [7, 11) is -3.22. The fourth-order valence-electron chi connectivity index (χ4n) is 0.586. The van der Waals surface area contributed by atoms with E-state index in [4.69, 9.17) is 13.6 Å². The minimum atomic E-state index is -3.22. The normalized spacial score (nSPS) is 10.1. The van der Waals surface area contributed by atoms with Gasteiger partial charge in [-0.25, -0.2) is 4.57 Å². The summed E-state index contributed by atoms with van der Waals surface area (Å²) in [5, 5.41) is 0. The number of hydrogen-bond acceptors (Lipinski definition) is 4. The molecule has 0 radical (unpaired) electrons. The molecule has 80 valence electrons. The van der Waals surface area contributed by atoms with Gasteiger partial charge in [0, 0.05) is 0 Å². The van der Waals surface area contributed by atoms with Crippen molar-refractivity contribution in [3.63, 3.8) is 0 Å². The van der Waals surface area contributed by atoms with Crippen LogP contribution in [0.4, 0.5) is 0 Å². The molecule has 2 N–H and O–H groups in total. The molecule has 13 heavy (non-hydrogen) atoms. The van der Waals surface area contributed by atoms with Gasteiger partial charge in [0.1, 0.15) is 0 Å². The number of rotatable bonds is 6. The van der Waals surface area contributed by atoms with Crippen LogP contribution in [0.1, 0.15) is 23.6 Å². The third-order valence-electron chi connectivity index (χ3n) is 0.862. The van der Waals surface area contributed by atoms with E-state index in [0.29, 0.717) is 19.8 Å². The van der Waals surface area contributed by atoms with Gasteiger partial charge in [-0.1, -0.05) is 0 Å². The van der Waals surface area contributed by atoms with E-state index in [2.05, 4.69) is 0 Å². The fourth-order valence-corrected chi connectivity index (χ4v) is 1.76. The largest absolute Gasteiger partial charge is 2.00 e. The molecule has 0 aromatic carbocycles. The van der Waals surface area contributed by atoms with Gasteiger partial charge in [-0.2, -0.15) is 0 Å². The Morgan fingerprint density at radius 1 is 1.00 bits per heavy atom. The Balaban J connectivity index is -0.0000000833. The first kappa shape index (κ1) is 19.4. The average Bonchev–Trinajstić information content (AvgIpc) is 1.88. The average molecular weight is 226 g/mol. The molecule has 0 aromatic heterocycles. The Bertz CT molecular complexity index is 128. The number of phosphoric ester groups is 1. The van der Waals surface area contributed by atoms with E-state index < -0.39 is 7.82 Å². The second-order valence-electron chi connectivity index (χ2n) is 1.70. The van der Waals surface area contributed by atoms with Crippen molar-refractivity contribution in [3.8, 4) is 0 Å². The molecule has 0 aromatic rings. The monoisotopic (exact) mass is 226 g/mol. The molecule has 0 spiro atoms. The van der Waals surface area contributed by atoms with Crippen LogP contribution in [0, 0.1) is 0 Å². The molecule has 0 unspecified atom stereocenters. The van der Waals surface area contributed by atoms with Crippen LogP contribution in [0.3, 0.4) is 0 Å². The minimum Gasteiger partial charge on any atom is -1.00 e. The SMILES string of the molecule is CCOP(=O)(OCC)OCC.O.[H-].[H-].[Mg+2]. The van der Waals surface area contributed by atoms with E-state index in [1.165, 1.54) is 0 Å². The van der Waals surface area contributed by atoms with Crippen molar-refractivity contribution in [1.82, 2.24) is 0 Å². The maximum atomic E-state index is 11.3. The van der Waals surface area contributed by atoms with Gasteiger partial charge in [0.25, 0.3) is 0 Å². The first-order valence-corrected chi connectivity index (χ1v) is 5.18. The van der Waals surface area contributed by atoms with E-state index in [9.17, 15) is 4.57 Å². The predicted octanol–water partition coefficient (Wildman–Crippen LogP) is 1.22. The van der Waals surface area contributed by atoms with Crippen molar-refractivity contribution in [2.45, 2.75) is 20.8 Å². The summed E-state index contributed by atoms with van der Waals surface area (Å²) < 4.78 is 25.8. The Kier molecular flexibility index (Phi) is 16.3. The summed E-state index contributed by atoms with van der Waals surface area (Å²) in [6.45, 7) is 6.21. The molecule has 0 rings (SSSR count). The van der Waals surface area contributed by atoms with Crippen molar-refractivity contribution < 1.29 is 26.5 Å². The maximum Gasteiger partial charge on any atom is 2.00 e. The molecule has 7 heteroatoms. The van der Waals surface area contributed by atoms with Crippen LogP contribution in [0.25, 0.3) is 0 Å². The van der Waals surface area contributed by atoms with Crippen molar-refractivity contribution in [3.05, 3.63) is 0 Å². The molecule has 0 amide bonds. The van der Waals surface area contributed by atoms with Gasteiger partial charge in [-0.15, -0.1) is 0 Å². The standard InChI is InChI=1S/C6H15O4P.Mg.H2O.2H/c1-4-8-11(7,9-5-2)10-6-3;;;;/h4-6H2,1-3H3;;1H2;;/q;+2;;2*-1. The number of hydrogen-bond donors (Lipinski definition) is 0. The fraction of sp³-hybridized carbons (Fsp3) is 1.00. The zero-order valence-corrected chi connectivity index (χ0v) is 10.7. The summed E-state index contributed by atoms with van der Waals surface area (Å²) in [6.07, 6.45) is 0. The Labute approximate surface area is 98.2 Å². The molecule has 0 saturated heterocycles. The molecule has 0 bridgehead atoms. The molecule has 0 saturated carbocycles. The topological polar surface area (TPSA) is 76.3 Å².